The van der Waals surface area contributed by atoms with Crippen LogP contribution in [0.3, 0.4) is 0 Å². The van der Waals surface area contributed by atoms with Crippen molar-refractivity contribution < 1.29 is 9.72 Å². The van der Waals surface area contributed by atoms with Gasteiger partial charge in [-0.1, -0.05) is 43.7 Å². The molecule has 0 saturated carbocycles. The quantitative estimate of drug-likeness (QED) is 0.574. The number of rotatable bonds is 3. The molecule has 1 aliphatic carbocycles. The first kappa shape index (κ1) is 19.1. The van der Waals surface area contributed by atoms with Gasteiger partial charge in [-0.3, -0.25) is 14.9 Å². The number of aryl methyl sites for hydroxylation is 1. The first-order chi connectivity index (χ1) is 13.7. The van der Waals surface area contributed by atoms with Crippen LogP contribution in [0.1, 0.15) is 49.3 Å². The summed E-state index contributed by atoms with van der Waals surface area (Å²) in [5, 5.41) is 14.4. The maximum absolute atomic E-state index is 13.1. The molecule has 2 aromatic rings. The second-order valence-corrected chi connectivity index (χ2v) is 8.73. The van der Waals surface area contributed by atoms with E-state index in [0.717, 1.165) is 34.5 Å². The first-order valence-corrected chi connectivity index (χ1v) is 9.80. The van der Waals surface area contributed by atoms with Crippen molar-refractivity contribution in [2.45, 2.75) is 39.5 Å². The zero-order valence-corrected chi connectivity index (χ0v) is 16.9. The molecule has 5 heteroatoms. The summed E-state index contributed by atoms with van der Waals surface area (Å²) < 4.78 is 0. The van der Waals surface area contributed by atoms with Gasteiger partial charge in [0.15, 0.2) is 5.78 Å². The van der Waals surface area contributed by atoms with Crippen LogP contribution >= 0.6 is 0 Å². The van der Waals surface area contributed by atoms with Gasteiger partial charge in [-0.05, 0) is 48.1 Å². The van der Waals surface area contributed by atoms with E-state index in [1.165, 1.54) is 17.7 Å². The number of Topliss-reactive ketones (excluding diaryl/α,β-unsaturated/α-hetero) is 1. The smallest absolute Gasteiger partial charge is 0.269 e. The van der Waals surface area contributed by atoms with E-state index in [0.29, 0.717) is 6.42 Å². The Kier molecular flexibility index (Phi) is 4.61. The second kappa shape index (κ2) is 6.99. The number of carbonyl (C=O) groups excluding carboxylic acids is 1. The Labute approximate surface area is 170 Å². The highest BCUT2D eigenvalue weighted by Gasteiger charge is 2.38. The molecule has 2 aliphatic rings. The number of allylic oxidation sites excluding steroid dienone is 3. The number of nitro benzene ring substituents is 1. The summed E-state index contributed by atoms with van der Waals surface area (Å²) in [5.74, 6) is 0.0639. The van der Waals surface area contributed by atoms with Crippen LogP contribution in [0.2, 0.25) is 0 Å². The van der Waals surface area contributed by atoms with E-state index in [1.807, 2.05) is 6.92 Å². The molecule has 0 fully saturated rings. The molecule has 0 radical (unpaired) electrons. The van der Waals surface area contributed by atoms with Crippen molar-refractivity contribution in [2.24, 2.45) is 5.41 Å². The number of dihydropyridines is 1. The number of nitrogens with one attached hydrogen (secondary N) is 1. The molecule has 1 aliphatic heterocycles. The maximum atomic E-state index is 13.1. The Bertz CT molecular complexity index is 1040. The molecule has 4 rings (SSSR count). The Morgan fingerprint density at radius 2 is 1.69 bits per heavy atom. The molecule has 1 atom stereocenters. The van der Waals surface area contributed by atoms with Crippen LogP contribution in [-0.4, -0.2) is 10.7 Å². The van der Waals surface area contributed by atoms with E-state index >= 15 is 0 Å². The van der Waals surface area contributed by atoms with Crippen molar-refractivity contribution in [1.29, 1.82) is 0 Å². The molecule has 0 amide bonds. The van der Waals surface area contributed by atoms with Crippen molar-refractivity contribution in [1.82, 2.24) is 5.32 Å². The standard InChI is InChI=1S/C24H24N2O3/c1-15-4-6-16(7-5-15)19-12-20(17-8-10-18(11-9-17)26(28)29)25-21-13-24(2,3)14-22(27)23(19)21/h4-12,19,25H,13-14H2,1-3H3. The third-order valence-electron chi connectivity index (χ3n) is 5.68. The van der Waals surface area contributed by atoms with Gasteiger partial charge >= 0.3 is 0 Å². The van der Waals surface area contributed by atoms with E-state index in [9.17, 15) is 14.9 Å². The van der Waals surface area contributed by atoms with Gasteiger partial charge in [-0.25, -0.2) is 0 Å². The zero-order chi connectivity index (χ0) is 20.8. The topological polar surface area (TPSA) is 72.2 Å². The van der Waals surface area contributed by atoms with Gasteiger partial charge in [0.25, 0.3) is 5.69 Å². The summed E-state index contributed by atoms with van der Waals surface area (Å²) in [4.78, 5) is 23.6. The zero-order valence-electron chi connectivity index (χ0n) is 16.9. The van der Waals surface area contributed by atoms with E-state index in [4.69, 9.17) is 0 Å². The third-order valence-corrected chi connectivity index (χ3v) is 5.68. The van der Waals surface area contributed by atoms with Gasteiger partial charge in [-0.2, -0.15) is 0 Å². The minimum atomic E-state index is -0.398. The molecule has 2 aromatic carbocycles. The summed E-state index contributed by atoms with van der Waals surface area (Å²) in [7, 11) is 0. The normalized spacial score (nSPS) is 20.6. The lowest BCUT2D eigenvalue weighted by atomic mass is 9.70. The monoisotopic (exact) mass is 388 g/mol. The molecule has 5 nitrogen and oxygen atoms in total. The molecule has 1 heterocycles. The SMILES string of the molecule is Cc1ccc(C2C=C(c3ccc([N+](=O)[O-])cc3)NC3=C2C(=O)CC(C)(C)C3)cc1. The van der Waals surface area contributed by atoms with Crippen LogP contribution in [0.4, 0.5) is 5.69 Å². The highest BCUT2D eigenvalue weighted by Crippen LogP contribution is 2.44. The number of hydrogen-bond donors (Lipinski definition) is 1. The van der Waals surface area contributed by atoms with Crippen molar-refractivity contribution in [2.75, 3.05) is 0 Å². The molecular formula is C24H24N2O3. The van der Waals surface area contributed by atoms with Crippen molar-refractivity contribution >= 4 is 17.2 Å². The summed E-state index contributed by atoms with van der Waals surface area (Å²) in [6.07, 6.45) is 3.40. The average molecular weight is 388 g/mol. The van der Waals surface area contributed by atoms with Gasteiger partial charge in [0.2, 0.25) is 0 Å². The molecule has 0 saturated heterocycles. The predicted molar refractivity (Wildman–Crippen MR) is 113 cm³/mol. The molecule has 1 unspecified atom stereocenters. The Morgan fingerprint density at radius 1 is 1.03 bits per heavy atom. The van der Waals surface area contributed by atoms with Crippen LogP contribution in [0.5, 0.6) is 0 Å². The van der Waals surface area contributed by atoms with Crippen LogP contribution in [0.15, 0.2) is 65.9 Å². The fourth-order valence-corrected chi connectivity index (χ4v) is 4.23. The second-order valence-electron chi connectivity index (χ2n) is 8.73. The van der Waals surface area contributed by atoms with Crippen LogP contribution in [-0.2, 0) is 4.79 Å². The van der Waals surface area contributed by atoms with E-state index in [1.54, 1.807) is 12.1 Å². The predicted octanol–water partition coefficient (Wildman–Crippen LogP) is 5.27. The van der Waals surface area contributed by atoms with Gasteiger partial charge < -0.3 is 5.32 Å². The van der Waals surface area contributed by atoms with Crippen molar-refractivity contribution in [3.05, 3.63) is 92.7 Å². The highest BCUT2D eigenvalue weighted by molar-refractivity contribution is 6.00. The molecule has 148 valence electrons. The summed E-state index contributed by atoms with van der Waals surface area (Å²) in [6.45, 7) is 6.27. The van der Waals surface area contributed by atoms with Crippen LogP contribution < -0.4 is 5.32 Å². The molecule has 0 aromatic heterocycles. The minimum Gasteiger partial charge on any atom is -0.358 e. The fourth-order valence-electron chi connectivity index (χ4n) is 4.23. The number of non-ortho nitro benzene ring substituents is 1. The Morgan fingerprint density at radius 3 is 2.31 bits per heavy atom. The molecule has 1 N–H and O–H groups in total. The highest BCUT2D eigenvalue weighted by atomic mass is 16.6. The summed E-state index contributed by atoms with van der Waals surface area (Å²) in [5.41, 5.74) is 5.79. The van der Waals surface area contributed by atoms with Gasteiger partial charge in [0.1, 0.15) is 0 Å². The fraction of sp³-hybridized carbons (Fsp3) is 0.292. The molecule has 0 spiro atoms. The lowest BCUT2D eigenvalue weighted by Crippen LogP contribution is -2.35. The Balaban J connectivity index is 1.80. The van der Waals surface area contributed by atoms with Gasteiger partial charge in [-0.15, -0.1) is 0 Å². The summed E-state index contributed by atoms with van der Waals surface area (Å²) in [6, 6.07) is 14.8. The molecular weight excluding hydrogens is 364 g/mol. The average Bonchev–Trinajstić information content (AvgIpc) is 2.66. The van der Waals surface area contributed by atoms with Gasteiger partial charge in [0, 0.05) is 41.4 Å². The van der Waals surface area contributed by atoms with E-state index < -0.39 is 4.92 Å². The number of carbonyl (C=O) groups is 1. The molecule has 0 bridgehead atoms. The van der Waals surface area contributed by atoms with Gasteiger partial charge in [0.05, 0.1) is 4.92 Å². The van der Waals surface area contributed by atoms with Crippen molar-refractivity contribution in [3.63, 3.8) is 0 Å². The van der Waals surface area contributed by atoms with Crippen LogP contribution in [0.25, 0.3) is 5.70 Å². The maximum Gasteiger partial charge on any atom is 0.269 e. The van der Waals surface area contributed by atoms with E-state index in [-0.39, 0.29) is 22.8 Å². The number of nitro groups is 1. The lowest BCUT2D eigenvalue weighted by molar-refractivity contribution is -0.384. The Hall–Kier alpha value is -3.21. The molecule has 29 heavy (non-hydrogen) atoms. The number of ketones is 1. The number of nitrogens with zero attached hydrogens (tertiary/aromatic N) is 1. The summed E-state index contributed by atoms with van der Waals surface area (Å²) >= 11 is 0. The van der Waals surface area contributed by atoms with Crippen molar-refractivity contribution in [3.8, 4) is 0 Å². The largest absolute Gasteiger partial charge is 0.358 e. The number of benzene rings is 2. The first-order valence-electron chi connectivity index (χ1n) is 9.80. The third kappa shape index (κ3) is 3.73. The van der Waals surface area contributed by atoms with E-state index in [2.05, 4.69) is 49.5 Å². The van der Waals surface area contributed by atoms with Crippen LogP contribution in [0, 0.1) is 22.5 Å². The lowest BCUT2D eigenvalue weighted by Gasteiger charge is -2.38. The minimum absolute atomic E-state index is 0.0640. The number of hydrogen-bond acceptors (Lipinski definition) is 4.